The summed E-state index contributed by atoms with van der Waals surface area (Å²) in [5, 5.41) is 9.14. The van der Waals surface area contributed by atoms with Crippen LogP contribution in [0.1, 0.15) is 29.0 Å². The highest BCUT2D eigenvalue weighted by Crippen LogP contribution is 2.24. The van der Waals surface area contributed by atoms with Crippen LogP contribution >= 0.6 is 0 Å². The fourth-order valence-corrected chi connectivity index (χ4v) is 2.99. The summed E-state index contributed by atoms with van der Waals surface area (Å²) in [5.41, 5.74) is 0.865. The summed E-state index contributed by atoms with van der Waals surface area (Å²) in [6.07, 6.45) is 1.75. The predicted molar refractivity (Wildman–Crippen MR) is 88.2 cm³/mol. The van der Waals surface area contributed by atoms with Gasteiger partial charge in [-0.3, -0.25) is 14.7 Å². The van der Waals surface area contributed by atoms with Gasteiger partial charge in [0, 0.05) is 44.0 Å². The van der Waals surface area contributed by atoms with Gasteiger partial charge in [0.2, 0.25) is 0 Å². The Morgan fingerprint density at radius 2 is 1.80 bits per heavy atom. The Morgan fingerprint density at radius 1 is 1.16 bits per heavy atom. The molecule has 0 saturated carbocycles. The number of amides is 1. The van der Waals surface area contributed by atoms with Crippen LogP contribution in [0.4, 0.5) is 8.78 Å². The van der Waals surface area contributed by atoms with Gasteiger partial charge in [-0.05, 0) is 31.2 Å². The lowest BCUT2D eigenvalue weighted by Gasteiger charge is -2.37. The number of carbonyl (C=O) groups is 1. The Hall–Kier alpha value is -2.54. The molecule has 1 aliphatic rings. The number of benzene rings is 1. The first kappa shape index (κ1) is 17.3. The Kier molecular flexibility index (Phi) is 4.94. The molecule has 1 amide bonds. The van der Waals surface area contributed by atoms with Crippen LogP contribution in [0.15, 0.2) is 36.5 Å². The molecule has 1 saturated heterocycles. The minimum absolute atomic E-state index is 0.0981. The van der Waals surface area contributed by atoms with Gasteiger partial charge in [0.25, 0.3) is 5.91 Å². The van der Waals surface area contributed by atoms with Crippen LogP contribution in [0.25, 0.3) is 0 Å². The van der Waals surface area contributed by atoms with E-state index in [-0.39, 0.29) is 11.6 Å². The molecule has 1 fully saturated rings. The number of pyridine rings is 1. The molecule has 5 nitrogen and oxygen atoms in total. The predicted octanol–water partition coefficient (Wildman–Crippen LogP) is 2.58. The molecular formula is C18H19F2N3O2. The Balaban J connectivity index is 1.65. The van der Waals surface area contributed by atoms with Gasteiger partial charge in [-0.15, -0.1) is 0 Å². The molecule has 1 aromatic heterocycles. The van der Waals surface area contributed by atoms with Gasteiger partial charge in [-0.25, -0.2) is 8.78 Å². The summed E-state index contributed by atoms with van der Waals surface area (Å²) in [6, 6.07) is 7.62. The SMILES string of the molecule is CC(c1ccccn1)N1CCN(C(=O)c2cc(F)c(O)c(F)c2)CC1. The van der Waals surface area contributed by atoms with Crippen molar-refractivity contribution < 1.29 is 18.7 Å². The van der Waals surface area contributed by atoms with E-state index in [4.69, 9.17) is 5.11 Å². The lowest BCUT2D eigenvalue weighted by molar-refractivity contribution is 0.0578. The zero-order chi connectivity index (χ0) is 18.0. The van der Waals surface area contributed by atoms with E-state index in [1.165, 1.54) is 0 Å². The molecule has 1 N–H and O–H groups in total. The van der Waals surface area contributed by atoms with Crippen molar-refractivity contribution in [2.24, 2.45) is 0 Å². The second-order valence-corrected chi connectivity index (χ2v) is 6.05. The standard InChI is InChI=1S/C18H19F2N3O2/c1-12(16-4-2-3-5-21-16)22-6-8-23(9-7-22)18(25)13-10-14(19)17(24)15(20)11-13/h2-5,10-12,24H,6-9H2,1H3. The Bertz CT molecular complexity index is 739. The summed E-state index contributed by atoms with van der Waals surface area (Å²) >= 11 is 0. The van der Waals surface area contributed by atoms with Crippen LogP contribution in [0.5, 0.6) is 5.75 Å². The molecule has 1 aliphatic heterocycles. The Morgan fingerprint density at radius 3 is 2.36 bits per heavy atom. The topological polar surface area (TPSA) is 56.7 Å². The van der Waals surface area contributed by atoms with Crippen molar-refractivity contribution in [3.05, 3.63) is 59.4 Å². The van der Waals surface area contributed by atoms with E-state index in [1.807, 2.05) is 18.2 Å². The van der Waals surface area contributed by atoms with Gasteiger partial charge in [-0.1, -0.05) is 6.07 Å². The highest BCUT2D eigenvalue weighted by Gasteiger charge is 2.26. The second kappa shape index (κ2) is 7.14. The molecule has 1 aromatic carbocycles. The normalized spacial score (nSPS) is 16.7. The number of nitrogens with zero attached hydrogens (tertiary/aromatic N) is 3. The average molecular weight is 347 g/mol. The maximum absolute atomic E-state index is 13.4. The fraction of sp³-hybridized carbons (Fsp3) is 0.333. The van der Waals surface area contributed by atoms with Crippen LogP contribution in [-0.2, 0) is 0 Å². The van der Waals surface area contributed by atoms with E-state index < -0.39 is 23.3 Å². The van der Waals surface area contributed by atoms with Crippen molar-refractivity contribution >= 4 is 5.91 Å². The van der Waals surface area contributed by atoms with Gasteiger partial charge in [0.1, 0.15) is 0 Å². The maximum Gasteiger partial charge on any atom is 0.254 e. The number of rotatable bonds is 3. The molecule has 1 unspecified atom stereocenters. The molecule has 0 spiro atoms. The molecule has 0 bridgehead atoms. The quantitative estimate of drug-likeness (QED) is 0.927. The van der Waals surface area contributed by atoms with Gasteiger partial charge in [-0.2, -0.15) is 0 Å². The number of piperazine rings is 1. The van der Waals surface area contributed by atoms with E-state index in [2.05, 4.69) is 16.8 Å². The van der Waals surface area contributed by atoms with Crippen molar-refractivity contribution in [3.8, 4) is 5.75 Å². The number of aromatic hydroxyl groups is 1. The third-order valence-corrected chi connectivity index (χ3v) is 4.53. The number of hydrogen-bond donors (Lipinski definition) is 1. The molecule has 3 rings (SSSR count). The number of phenolic OH excluding ortho intramolecular Hbond substituents is 1. The highest BCUT2D eigenvalue weighted by molar-refractivity contribution is 5.94. The number of halogens is 2. The minimum atomic E-state index is -1.13. The largest absolute Gasteiger partial charge is 0.503 e. The van der Waals surface area contributed by atoms with Gasteiger partial charge < -0.3 is 10.0 Å². The van der Waals surface area contributed by atoms with Crippen molar-refractivity contribution in [2.45, 2.75) is 13.0 Å². The van der Waals surface area contributed by atoms with Crippen LogP contribution in [0.3, 0.4) is 0 Å². The molecular weight excluding hydrogens is 328 g/mol. The molecule has 7 heteroatoms. The third-order valence-electron chi connectivity index (χ3n) is 4.53. The minimum Gasteiger partial charge on any atom is -0.503 e. The summed E-state index contributed by atoms with van der Waals surface area (Å²) in [5.74, 6) is -3.77. The van der Waals surface area contributed by atoms with Crippen LogP contribution in [0, 0.1) is 11.6 Å². The average Bonchev–Trinajstić information content (AvgIpc) is 2.65. The summed E-state index contributed by atoms with van der Waals surface area (Å²) < 4.78 is 26.9. The lowest BCUT2D eigenvalue weighted by atomic mass is 10.1. The number of aromatic nitrogens is 1. The molecule has 2 heterocycles. The van der Waals surface area contributed by atoms with Crippen LogP contribution < -0.4 is 0 Å². The van der Waals surface area contributed by atoms with Crippen molar-refractivity contribution in [1.29, 1.82) is 0 Å². The van der Waals surface area contributed by atoms with Crippen molar-refractivity contribution in [1.82, 2.24) is 14.8 Å². The first-order chi connectivity index (χ1) is 12.0. The maximum atomic E-state index is 13.4. The number of hydrogen-bond acceptors (Lipinski definition) is 4. The van der Waals surface area contributed by atoms with E-state index in [0.717, 1.165) is 17.8 Å². The highest BCUT2D eigenvalue weighted by atomic mass is 19.1. The fourth-order valence-electron chi connectivity index (χ4n) is 2.99. The summed E-state index contributed by atoms with van der Waals surface area (Å²) in [4.78, 5) is 20.6. The zero-order valence-electron chi connectivity index (χ0n) is 13.8. The zero-order valence-corrected chi connectivity index (χ0v) is 13.8. The van der Waals surface area contributed by atoms with Crippen molar-refractivity contribution in [2.75, 3.05) is 26.2 Å². The van der Waals surface area contributed by atoms with E-state index in [0.29, 0.717) is 26.2 Å². The lowest BCUT2D eigenvalue weighted by Crippen LogP contribution is -2.49. The van der Waals surface area contributed by atoms with E-state index in [1.54, 1.807) is 11.1 Å². The summed E-state index contributed by atoms with van der Waals surface area (Å²) in [6.45, 7) is 4.27. The van der Waals surface area contributed by atoms with Gasteiger partial charge >= 0.3 is 0 Å². The third kappa shape index (κ3) is 3.61. The molecule has 0 aliphatic carbocycles. The molecule has 1 atom stereocenters. The molecule has 0 radical (unpaired) electrons. The van der Waals surface area contributed by atoms with E-state index >= 15 is 0 Å². The summed E-state index contributed by atoms with van der Waals surface area (Å²) in [7, 11) is 0. The first-order valence-electron chi connectivity index (χ1n) is 8.09. The first-order valence-corrected chi connectivity index (χ1v) is 8.09. The number of phenols is 1. The van der Waals surface area contributed by atoms with Crippen LogP contribution in [-0.4, -0.2) is 52.0 Å². The molecule has 2 aromatic rings. The molecule has 25 heavy (non-hydrogen) atoms. The van der Waals surface area contributed by atoms with Crippen molar-refractivity contribution in [3.63, 3.8) is 0 Å². The Labute approximate surface area is 144 Å². The number of carbonyl (C=O) groups excluding carboxylic acids is 1. The van der Waals surface area contributed by atoms with Crippen LogP contribution in [0.2, 0.25) is 0 Å². The second-order valence-electron chi connectivity index (χ2n) is 6.05. The van der Waals surface area contributed by atoms with Gasteiger partial charge in [0.05, 0.1) is 5.69 Å². The van der Waals surface area contributed by atoms with E-state index in [9.17, 15) is 13.6 Å². The molecule has 132 valence electrons. The van der Waals surface area contributed by atoms with Gasteiger partial charge in [0.15, 0.2) is 17.4 Å². The monoisotopic (exact) mass is 347 g/mol. The smallest absolute Gasteiger partial charge is 0.254 e.